The third-order valence-electron chi connectivity index (χ3n) is 5.63. The zero-order valence-corrected chi connectivity index (χ0v) is 15.4. The summed E-state index contributed by atoms with van der Waals surface area (Å²) >= 11 is 0. The molecule has 2 N–H and O–H groups in total. The summed E-state index contributed by atoms with van der Waals surface area (Å²) in [5.41, 5.74) is 9.23. The van der Waals surface area contributed by atoms with Crippen LogP contribution in [0.1, 0.15) is 40.2 Å². The molecule has 5 nitrogen and oxygen atoms in total. The first-order chi connectivity index (χ1) is 13.1. The summed E-state index contributed by atoms with van der Waals surface area (Å²) < 4.78 is 0. The molecule has 0 saturated carbocycles. The molecule has 140 valence electrons. The molecule has 2 aromatic rings. The summed E-state index contributed by atoms with van der Waals surface area (Å²) in [5.74, 6) is 0.413. The third kappa shape index (κ3) is 3.74. The van der Waals surface area contributed by atoms with Crippen LogP contribution >= 0.6 is 0 Å². The SMILES string of the molecule is N[C@@H]1CN(C(=O)c2ccc(CN3CCCC3=O)cc2)C[C@H]1c1ccccc1. The van der Waals surface area contributed by atoms with E-state index in [1.54, 1.807) is 0 Å². The van der Waals surface area contributed by atoms with Crippen LogP contribution in [0, 0.1) is 0 Å². The number of nitrogens with zero attached hydrogens (tertiary/aromatic N) is 2. The van der Waals surface area contributed by atoms with Gasteiger partial charge in [0, 0.05) is 50.1 Å². The topological polar surface area (TPSA) is 66.6 Å². The summed E-state index contributed by atoms with van der Waals surface area (Å²) in [6.45, 7) is 2.67. The highest BCUT2D eigenvalue weighted by atomic mass is 16.2. The maximum absolute atomic E-state index is 12.9. The zero-order chi connectivity index (χ0) is 18.8. The van der Waals surface area contributed by atoms with Crippen molar-refractivity contribution in [2.24, 2.45) is 5.73 Å². The standard InChI is InChI=1S/C22H25N3O2/c23-20-15-25(14-19(20)17-5-2-1-3-6-17)22(27)18-10-8-16(9-11-18)13-24-12-4-7-21(24)26/h1-3,5-6,8-11,19-20H,4,7,12-15,23H2/t19-,20+/m0/s1. The molecule has 4 rings (SSSR count). The average Bonchev–Trinajstić information content (AvgIpc) is 3.28. The predicted molar refractivity (Wildman–Crippen MR) is 104 cm³/mol. The quantitative estimate of drug-likeness (QED) is 0.907. The molecule has 2 aromatic carbocycles. The van der Waals surface area contributed by atoms with Crippen molar-refractivity contribution in [1.82, 2.24) is 9.80 Å². The maximum Gasteiger partial charge on any atom is 0.253 e. The number of carbonyl (C=O) groups is 2. The third-order valence-corrected chi connectivity index (χ3v) is 5.63. The van der Waals surface area contributed by atoms with Gasteiger partial charge in [0.1, 0.15) is 0 Å². The van der Waals surface area contributed by atoms with E-state index >= 15 is 0 Å². The second-order valence-electron chi connectivity index (χ2n) is 7.51. The van der Waals surface area contributed by atoms with Crippen LogP contribution in [0.4, 0.5) is 0 Å². The number of nitrogens with two attached hydrogens (primary N) is 1. The van der Waals surface area contributed by atoms with Crippen molar-refractivity contribution in [3.05, 3.63) is 71.3 Å². The fourth-order valence-electron chi connectivity index (χ4n) is 4.07. The highest BCUT2D eigenvalue weighted by Crippen LogP contribution is 2.27. The summed E-state index contributed by atoms with van der Waals surface area (Å²) in [7, 11) is 0. The summed E-state index contributed by atoms with van der Waals surface area (Å²) in [6.07, 6.45) is 1.58. The number of hydrogen-bond acceptors (Lipinski definition) is 3. The molecule has 2 atom stereocenters. The average molecular weight is 363 g/mol. The van der Waals surface area contributed by atoms with E-state index in [1.165, 1.54) is 5.56 Å². The molecular weight excluding hydrogens is 338 g/mol. The smallest absolute Gasteiger partial charge is 0.253 e. The Morgan fingerprint density at radius 2 is 1.78 bits per heavy atom. The lowest BCUT2D eigenvalue weighted by Gasteiger charge is -2.18. The molecule has 2 heterocycles. The molecule has 2 fully saturated rings. The molecule has 27 heavy (non-hydrogen) atoms. The highest BCUT2D eigenvalue weighted by molar-refractivity contribution is 5.94. The summed E-state index contributed by atoms with van der Waals surface area (Å²) in [5, 5.41) is 0. The van der Waals surface area contributed by atoms with Gasteiger partial charge in [-0.1, -0.05) is 42.5 Å². The van der Waals surface area contributed by atoms with Gasteiger partial charge in [-0.15, -0.1) is 0 Å². The molecule has 0 aromatic heterocycles. The number of hydrogen-bond donors (Lipinski definition) is 1. The first-order valence-electron chi connectivity index (χ1n) is 9.58. The van der Waals surface area contributed by atoms with Crippen LogP contribution in [0.25, 0.3) is 0 Å². The molecule has 2 aliphatic rings. The lowest BCUT2D eigenvalue weighted by molar-refractivity contribution is -0.128. The maximum atomic E-state index is 12.9. The first kappa shape index (κ1) is 17.7. The van der Waals surface area contributed by atoms with Gasteiger partial charge in [-0.3, -0.25) is 9.59 Å². The lowest BCUT2D eigenvalue weighted by atomic mass is 9.95. The molecule has 0 spiro atoms. The van der Waals surface area contributed by atoms with Crippen LogP contribution in [0.3, 0.4) is 0 Å². The molecular formula is C22H25N3O2. The van der Waals surface area contributed by atoms with E-state index in [-0.39, 0.29) is 23.8 Å². The Morgan fingerprint density at radius 1 is 1.04 bits per heavy atom. The van der Waals surface area contributed by atoms with Gasteiger partial charge >= 0.3 is 0 Å². The van der Waals surface area contributed by atoms with E-state index in [2.05, 4.69) is 12.1 Å². The monoisotopic (exact) mass is 363 g/mol. The number of likely N-dealkylation sites (tertiary alicyclic amines) is 2. The van der Waals surface area contributed by atoms with Crippen molar-refractivity contribution in [2.45, 2.75) is 31.3 Å². The van der Waals surface area contributed by atoms with E-state index in [9.17, 15) is 9.59 Å². The minimum atomic E-state index is -0.0446. The van der Waals surface area contributed by atoms with Crippen LogP contribution in [-0.2, 0) is 11.3 Å². The number of benzene rings is 2. The van der Waals surface area contributed by atoms with Gasteiger partial charge in [0.2, 0.25) is 5.91 Å². The van der Waals surface area contributed by atoms with Crippen LogP contribution in [-0.4, -0.2) is 47.3 Å². The number of rotatable bonds is 4. The van der Waals surface area contributed by atoms with Crippen molar-refractivity contribution in [3.8, 4) is 0 Å². The molecule has 2 saturated heterocycles. The van der Waals surface area contributed by atoms with Crippen molar-refractivity contribution in [1.29, 1.82) is 0 Å². The minimum Gasteiger partial charge on any atom is -0.338 e. The second-order valence-corrected chi connectivity index (χ2v) is 7.51. The second kappa shape index (κ2) is 7.53. The lowest BCUT2D eigenvalue weighted by Crippen LogP contribution is -2.32. The summed E-state index contributed by atoms with van der Waals surface area (Å²) in [4.78, 5) is 28.4. The van der Waals surface area contributed by atoms with Crippen molar-refractivity contribution >= 4 is 11.8 Å². The van der Waals surface area contributed by atoms with Crippen LogP contribution < -0.4 is 5.73 Å². The molecule has 2 amide bonds. The summed E-state index contributed by atoms with van der Waals surface area (Å²) in [6, 6.07) is 17.7. The van der Waals surface area contributed by atoms with Crippen molar-refractivity contribution in [3.63, 3.8) is 0 Å². The normalized spacial score (nSPS) is 22.5. The van der Waals surface area contributed by atoms with E-state index in [0.717, 1.165) is 18.5 Å². The van der Waals surface area contributed by atoms with E-state index in [0.29, 0.717) is 31.6 Å². The van der Waals surface area contributed by atoms with Crippen molar-refractivity contribution in [2.75, 3.05) is 19.6 Å². The van der Waals surface area contributed by atoms with E-state index in [1.807, 2.05) is 52.3 Å². The van der Waals surface area contributed by atoms with Gasteiger partial charge < -0.3 is 15.5 Å². The molecule has 0 unspecified atom stereocenters. The van der Waals surface area contributed by atoms with Gasteiger partial charge in [0.15, 0.2) is 0 Å². The van der Waals surface area contributed by atoms with Gasteiger partial charge in [0.05, 0.1) is 0 Å². The van der Waals surface area contributed by atoms with Crippen LogP contribution in [0.15, 0.2) is 54.6 Å². The van der Waals surface area contributed by atoms with E-state index < -0.39 is 0 Å². The fraction of sp³-hybridized carbons (Fsp3) is 0.364. The number of carbonyl (C=O) groups excluding carboxylic acids is 2. The highest BCUT2D eigenvalue weighted by Gasteiger charge is 2.34. The Hall–Kier alpha value is -2.66. The van der Waals surface area contributed by atoms with Crippen molar-refractivity contribution < 1.29 is 9.59 Å². The van der Waals surface area contributed by atoms with E-state index in [4.69, 9.17) is 5.73 Å². The Labute approximate surface area is 159 Å². The zero-order valence-electron chi connectivity index (χ0n) is 15.4. The van der Waals surface area contributed by atoms with Gasteiger partial charge in [0.25, 0.3) is 5.91 Å². The fourth-order valence-corrected chi connectivity index (χ4v) is 4.07. The van der Waals surface area contributed by atoms with Crippen LogP contribution in [0.5, 0.6) is 0 Å². The Bertz CT molecular complexity index is 819. The Balaban J connectivity index is 1.41. The van der Waals surface area contributed by atoms with Crippen LogP contribution in [0.2, 0.25) is 0 Å². The molecule has 2 aliphatic heterocycles. The predicted octanol–water partition coefficient (Wildman–Crippen LogP) is 2.38. The number of amides is 2. The molecule has 0 aliphatic carbocycles. The van der Waals surface area contributed by atoms with Gasteiger partial charge in [-0.05, 0) is 29.7 Å². The minimum absolute atomic E-state index is 0.0210. The molecule has 5 heteroatoms. The Kier molecular flexibility index (Phi) is 4.94. The first-order valence-corrected chi connectivity index (χ1v) is 9.58. The molecule has 0 bridgehead atoms. The van der Waals surface area contributed by atoms with Gasteiger partial charge in [-0.25, -0.2) is 0 Å². The molecule has 0 radical (unpaired) electrons. The Morgan fingerprint density at radius 3 is 2.44 bits per heavy atom. The largest absolute Gasteiger partial charge is 0.338 e. The van der Waals surface area contributed by atoms with Gasteiger partial charge in [-0.2, -0.15) is 0 Å².